The van der Waals surface area contributed by atoms with Crippen LogP contribution in [0.15, 0.2) is 22.8 Å². The van der Waals surface area contributed by atoms with E-state index >= 15 is 0 Å². The van der Waals surface area contributed by atoms with E-state index in [-0.39, 0.29) is 22.6 Å². The molecule has 6 heteroatoms. The van der Waals surface area contributed by atoms with E-state index in [0.29, 0.717) is 12.3 Å². The van der Waals surface area contributed by atoms with Crippen molar-refractivity contribution in [1.29, 1.82) is 0 Å². The first-order valence-electron chi connectivity index (χ1n) is 7.77. The minimum absolute atomic E-state index is 0.0335. The molecule has 0 bridgehead atoms. The van der Waals surface area contributed by atoms with Crippen LogP contribution in [0.5, 0.6) is 0 Å². The van der Waals surface area contributed by atoms with Crippen LogP contribution in [0, 0.1) is 5.92 Å². The van der Waals surface area contributed by atoms with Crippen LogP contribution >= 0.6 is 11.8 Å². The number of furan rings is 1. The summed E-state index contributed by atoms with van der Waals surface area (Å²) in [6.45, 7) is 5.85. The van der Waals surface area contributed by atoms with E-state index in [1.807, 2.05) is 35.8 Å². The summed E-state index contributed by atoms with van der Waals surface area (Å²) in [5, 5.41) is 0. The molecule has 0 unspecified atom stereocenters. The maximum Gasteiger partial charge on any atom is 0.234 e. The van der Waals surface area contributed by atoms with Gasteiger partial charge in [0, 0.05) is 19.0 Å². The largest absolute Gasteiger partial charge is 0.467 e. The highest BCUT2D eigenvalue weighted by Gasteiger charge is 2.48. The van der Waals surface area contributed by atoms with Crippen molar-refractivity contribution in [1.82, 2.24) is 9.80 Å². The van der Waals surface area contributed by atoms with Crippen LogP contribution in [0.1, 0.15) is 32.4 Å². The maximum atomic E-state index is 12.3. The molecule has 1 aromatic rings. The van der Waals surface area contributed by atoms with Gasteiger partial charge in [-0.05, 0) is 25.0 Å². The van der Waals surface area contributed by atoms with Gasteiger partial charge < -0.3 is 14.2 Å². The third-order valence-corrected chi connectivity index (χ3v) is 6.06. The van der Waals surface area contributed by atoms with Gasteiger partial charge in [-0.2, -0.15) is 0 Å². The molecule has 1 aromatic heterocycles. The Morgan fingerprint density at radius 3 is 2.73 bits per heavy atom. The van der Waals surface area contributed by atoms with Crippen molar-refractivity contribution in [2.75, 3.05) is 18.8 Å². The molecule has 22 heavy (non-hydrogen) atoms. The Bertz CT molecular complexity index is 548. The highest BCUT2D eigenvalue weighted by atomic mass is 32.2. The van der Waals surface area contributed by atoms with Crippen LogP contribution in [0.2, 0.25) is 0 Å². The van der Waals surface area contributed by atoms with E-state index in [1.54, 1.807) is 18.0 Å². The predicted molar refractivity (Wildman–Crippen MR) is 85.1 cm³/mol. The van der Waals surface area contributed by atoms with Crippen LogP contribution < -0.4 is 0 Å². The lowest BCUT2D eigenvalue weighted by atomic mass is 10.0. The van der Waals surface area contributed by atoms with Gasteiger partial charge in [-0.1, -0.05) is 13.8 Å². The molecule has 3 rings (SSSR count). The fourth-order valence-corrected chi connectivity index (χ4v) is 4.57. The average molecular weight is 322 g/mol. The zero-order chi connectivity index (χ0) is 15.7. The Balaban J connectivity index is 1.70. The smallest absolute Gasteiger partial charge is 0.234 e. The van der Waals surface area contributed by atoms with Gasteiger partial charge in [0.2, 0.25) is 11.8 Å². The Labute approximate surface area is 135 Å². The molecule has 2 saturated heterocycles. The van der Waals surface area contributed by atoms with Gasteiger partial charge in [-0.3, -0.25) is 9.59 Å². The number of thioether (sulfide) groups is 1. The molecule has 0 atom stereocenters. The molecule has 2 aliphatic heterocycles. The molecular formula is C16H22N2O3S. The molecule has 0 saturated carbocycles. The molecule has 2 fully saturated rings. The fourth-order valence-electron chi connectivity index (χ4n) is 3.23. The summed E-state index contributed by atoms with van der Waals surface area (Å²) in [5.74, 6) is 1.76. The normalized spacial score (nSPS) is 21.1. The van der Waals surface area contributed by atoms with E-state index in [4.69, 9.17) is 4.42 Å². The topological polar surface area (TPSA) is 53.8 Å². The maximum absolute atomic E-state index is 12.3. The van der Waals surface area contributed by atoms with Crippen molar-refractivity contribution in [2.24, 2.45) is 5.92 Å². The molecule has 3 heterocycles. The van der Waals surface area contributed by atoms with Gasteiger partial charge in [0.25, 0.3) is 0 Å². The first kappa shape index (κ1) is 15.5. The molecule has 120 valence electrons. The van der Waals surface area contributed by atoms with E-state index in [1.165, 1.54) is 0 Å². The second-order valence-electron chi connectivity index (χ2n) is 6.27. The van der Waals surface area contributed by atoms with E-state index < -0.39 is 0 Å². The average Bonchev–Trinajstić information content (AvgIpc) is 3.12. The number of rotatable bonds is 3. The van der Waals surface area contributed by atoms with Crippen molar-refractivity contribution in [2.45, 2.75) is 38.1 Å². The molecule has 0 aromatic carbocycles. The summed E-state index contributed by atoms with van der Waals surface area (Å²) in [6, 6.07) is 3.75. The van der Waals surface area contributed by atoms with Gasteiger partial charge in [-0.15, -0.1) is 11.8 Å². The molecule has 0 N–H and O–H groups in total. The minimum Gasteiger partial charge on any atom is -0.467 e. The monoisotopic (exact) mass is 322 g/mol. The van der Waals surface area contributed by atoms with Gasteiger partial charge in [0.1, 0.15) is 5.76 Å². The molecular weight excluding hydrogens is 300 g/mol. The van der Waals surface area contributed by atoms with Crippen LogP contribution in [-0.4, -0.2) is 45.3 Å². The van der Waals surface area contributed by atoms with Crippen LogP contribution in [0.3, 0.4) is 0 Å². The third-order valence-electron chi connectivity index (χ3n) is 4.50. The number of hydrogen-bond acceptors (Lipinski definition) is 4. The molecule has 0 radical (unpaired) electrons. The Kier molecular flexibility index (Phi) is 4.21. The third kappa shape index (κ3) is 2.76. The highest BCUT2D eigenvalue weighted by molar-refractivity contribution is 8.01. The zero-order valence-electron chi connectivity index (χ0n) is 13.1. The quantitative estimate of drug-likeness (QED) is 0.857. The summed E-state index contributed by atoms with van der Waals surface area (Å²) < 4.78 is 5.40. The fraction of sp³-hybridized carbons (Fsp3) is 0.625. The number of amides is 2. The number of likely N-dealkylation sites (tertiary alicyclic amines) is 1. The minimum atomic E-state index is -0.169. The second-order valence-corrected chi connectivity index (χ2v) is 7.61. The summed E-state index contributed by atoms with van der Waals surface area (Å²) >= 11 is 1.72. The van der Waals surface area contributed by atoms with E-state index in [0.717, 1.165) is 31.7 Å². The lowest BCUT2D eigenvalue weighted by Crippen LogP contribution is -2.53. The van der Waals surface area contributed by atoms with Gasteiger partial charge in [0.05, 0.1) is 23.4 Å². The number of hydrogen-bond donors (Lipinski definition) is 0. The van der Waals surface area contributed by atoms with Crippen LogP contribution in [0.4, 0.5) is 0 Å². The molecule has 1 spiro atoms. The number of carbonyl (C=O) groups is 2. The summed E-state index contributed by atoms with van der Waals surface area (Å²) in [5.41, 5.74) is 0. The molecule has 5 nitrogen and oxygen atoms in total. The Hall–Kier alpha value is -1.43. The summed E-state index contributed by atoms with van der Waals surface area (Å²) in [4.78, 5) is 28.1. The van der Waals surface area contributed by atoms with Crippen molar-refractivity contribution >= 4 is 23.6 Å². The van der Waals surface area contributed by atoms with Gasteiger partial charge >= 0.3 is 0 Å². The predicted octanol–water partition coefficient (Wildman–Crippen LogP) is 2.33. The first-order chi connectivity index (χ1) is 10.5. The Morgan fingerprint density at radius 2 is 2.14 bits per heavy atom. The molecule has 0 aliphatic carbocycles. The van der Waals surface area contributed by atoms with E-state index in [2.05, 4.69) is 0 Å². The number of nitrogens with zero attached hydrogens (tertiary/aromatic N) is 2. The standard InChI is InChI=1S/C16H22N2O3S/c1-12(2)15(20)17-7-5-16(6-8-17)18(14(19)11-22-16)10-13-4-3-9-21-13/h3-4,9,12H,5-8,10-11H2,1-2H3. The number of carbonyl (C=O) groups excluding carboxylic acids is 2. The number of piperidine rings is 1. The second kappa shape index (κ2) is 5.99. The lowest BCUT2D eigenvalue weighted by Gasteiger charge is -2.44. The summed E-state index contributed by atoms with van der Waals surface area (Å²) in [6.07, 6.45) is 3.31. The lowest BCUT2D eigenvalue weighted by molar-refractivity contribution is -0.138. The highest BCUT2D eigenvalue weighted by Crippen LogP contribution is 2.45. The van der Waals surface area contributed by atoms with E-state index in [9.17, 15) is 9.59 Å². The summed E-state index contributed by atoms with van der Waals surface area (Å²) in [7, 11) is 0. The van der Waals surface area contributed by atoms with Gasteiger partial charge in [-0.25, -0.2) is 0 Å². The SMILES string of the molecule is CC(C)C(=O)N1CCC2(CC1)SCC(=O)N2Cc1ccco1. The first-order valence-corrected chi connectivity index (χ1v) is 8.76. The van der Waals surface area contributed by atoms with Gasteiger partial charge in [0.15, 0.2) is 0 Å². The molecule has 2 amide bonds. The molecule has 2 aliphatic rings. The van der Waals surface area contributed by atoms with Crippen molar-refractivity contribution in [3.8, 4) is 0 Å². The van der Waals surface area contributed by atoms with Crippen molar-refractivity contribution < 1.29 is 14.0 Å². The Morgan fingerprint density at radius 1 is 1.41 bits per heavy atom. The van der Waals surface area contributed by atoms with Crippen molar-refractivity contribution in [3.05, 3.63) is 24.2 Å². The van der Waals surface area contributed by atoms with Crippen molar-refractivity contribution in [3.63, 3.8) is 0 Å². The van der Waals surface area contributed by atoms with Crippen LogP contribution in [0.25, 0.3) is 0 Å². The van der Waals surface area contributed by atoms with Crippen LogP contribution in [-0.2, 0) is 16.1 Å². The zero-order valence-corrected chi connectivity index (χ0v) is 13.9.